The molecule has 0 aliphatic carbocycles. The Morgan fingerprint density at radius 2 is 2.27 bits per heavy atom. The number of likely N-dealkylation sites (tertiary alicyclic amines) is 1. The second-order valence-electron chi connectivity index (χ2n) is 3.99. The monoisotopic (exact) mass is 214 g/mol. The maximum Gasteiger partial charge on any atom is 0.319 e. The Kier molecular flexibility index (Phi) is 3.76. The zero-order valence-electron chi connectivity index (χ0n) is 9.18. The first-order valence-corrected chi connectivity index (χ1v) is 5.00. The van der Waals surface area contributed by atoms with E-state index in [1.165, 1.54) is 4.90 Å². The largest absolute Gasteiger partial charge is 0.409 e. The average Bonchev–Trinajstić information content (AvgIpc) is 2.27. The van der Waals surface area contributed by atoms with Crippen LogP contribution in [0.4, 0.5) is 4.79 Å². The van der Waals surface area contributed by atoms with Crippen LogP contribution >= 0.6 is 0 Å². The van der Waals surface area contributed by atoms with Crippen LogP contribution in [0.3, 0.4) is 0 Å². The maximum atomic E-state index is 11.7. The third-order valence-electron chi connectivity index (χ3n) is 2.61. The zero-order chi connectivity index (χ0) is 11.4. The lowest BCUT2D eigenvalue weighted by atomic mass is 9.97. The fourth-order valence-electron chi connectivity index (χ4n) is 1.76. The molecule has 1 heterocycles. The number of amidine groups is 1. The first kappa shape index (κ1) is 11.6. The van der Waals surface area contributed by atoms with E-state index < -0.39 is 0 Å². The van der Waals surface area contributed by atoms with Crippen LogP contribution in [0.15, 0.2) is 5.16 Å². The number of amides is 2. The molecule has 0 bridgehead atoms. The van der Waals surface area contributed by atoms with Gasteiger partial charge in [-0.25, -0.2) is 4.79 Å². The number of urea groups is 1. The van der Waals surface area contributed by atoms with E-state index in [0.29, 0.717) is 6.54 Å². The number of carbonyl (C=O) groups is 1. The van der Waals surface area contributed by atoms with Gasteiger partial charge < -0.3 is 20.7 Å². The topological polar surface area (TPSA) is 82.2 Å². The minimum Gasteiger partial charge on any atom is -0.409 e. The first-order valence-electron chi connectivity index (χ1n) is 5.00. The van der Waals surface area contributed by atoms with Crippen LogP contribution in [0, 0.1) is 5.92 Å². The van der Waals surface area contributed by atoms with Crippen LogP contribution in [-0.2, 0) is 0 Å². The summed E-state index contributed by atoms with van der Waals surface area (Å²) in [6.45, 7) is 1.28. The molecular weight excluding hydrogens is 196 g/mol. The predicted octanol–water partition coefficient (Wildman–Crippen LogP) is 0.126. The van der Waals surface area contributed by atoms with E-state index >= 15 is 0 Å². The van der Waals surface area contributed by atoms with Crippen molar-refractivity contribution in [1.82, 2.24) is 9.80 Å². The van der Waals surface area contributed by atoms with E-state index in [4.69, 9.17) is 10.9 Å². The van der Waals surface area contributed by atoms with Crippen LogP contribution in [0.25, 0.3) is 0 Å². The summed E-state index contributed by atoms with van der Waals surface area (Å²) in [6, 6.07) is -0.0227. The third kappa shape index (κ3) is 2.74. The van der Waals surface area contributed by atoms with Crippen molar-refractivity contribution in [2.45, 2.75) is 12.8 Å². The van der Waals surface area contributed by atoms with Crippen molar-refractivity contribution in [3.05, 3.63) is 0 Å². The van der Waals surface area contributed by atoms with E-state index in [1.54, 1.807) is 19.0 Å². The Morgan fingerprint density at radius 1 is 1.60 bits per heavy atom. The highest BCUT2D eigenvalue weighted by Gasteiger charge is 2.26. The molecule has 0 aromatic heterocycles. The van der Waals surface area contributed by atoms with Crippen LogP contribution in [0.5, 0.6) is 0 Å². The minimum absolute atomic E-state index is 0.0207. The number of hydrogen-bond acceptors (Lipinski definition) is 3. The molecule has 0 spiro atoms. The molecule has 1 saturated heterocycles. The average molecular weight is 214 g/mol. The minimum atomic E-state index is -0.0227. The van der Waals surface area contributed by atoms with E-state index in [1.807, 2.05) is 0 Å². The molecule has 6 heteroatoms. The van der Waals surface area contributed by atoms with Crippen molar-refractivity contribution in [3.8, 4) is 0 Å². The van der Waals surface area contributed by atoms with E-state index in [0.717, 1.165) is 19.4 Å². The predicted molar refractivity (Wildman–Crippen MR) is 56.8 cm³/mol. The van der Waals surface area contributed by atoms with Crippen molar-refractivity contribution in [3.63, 3.8) is 0 Å². The SMILES string of the molecule is CN(C)C(=O)N1CCCC(C(N)=NO)C1. The van der Waals surface area contributed by atoms with Gasteiger partial charge in [0.2, 0.25) is 0 Å². The van der Waals surface area contributed by atoms with Gasteiger partial charge in [-0.2, -0.15) is 0 Å². The van der Waals surface area contributed by atoms with Crippen molar-refractivity contribution < 1.29 is 10.0 Å². The van der Waals surface area contributed by atoms with Crippen molar-refractivity contribution in [2.75, 3.05) is 27.2 Å². The Bertz CT molecular complexity index is 265. The highest BCUT2D eigenvalue weighted by Crippen LogP contribution is 2.17. The number of rotatable bonds is 1. The summed E-state index contributed by atoms with van der Waals surface area (Å²) >= 11 is 0. The van der Waals surface area contributed by atoms with Gasteiger partial charge in [0.1, 0.15) is 5.84 Å². The number of oxime groups is 1. The molecule has 15 heavy (non-hydrogen) atoms. The number of carbonyl (C=O) groups excluding carboxylic acids is 1. The van der Waals surface area contributed by atoms with Gasteiger partial charge in [-0.1, -0.05) is 5.16 Å². The molecule has 3 N–H and O–H groups in total. The lowest BCUT2D eigenvalue weighted by Gasteiger charge is -2.33. The maximum absolute atomic E-state index is 11.7. The molecule has 1 aliphatic heterocycles. The van der Waals surface area contributed by atoms with Crippen molar-refractivity contribution in [2.24, 2.45) is 16.8 Å². The summed E-state index contributed by atoms with van der Waals surface area (Å²) in [7, 11) is 3.44. The third-order valence-corrected chi connectivity index (χ3v) is 2.61. The van der Waals surface area contributed by atoms with Crippen LogP contribution in [-0.4, -0.2) is 54.1 Å². The number of hydrogen-bond donors (Lipinski definition) is 2. The van der Waals surface area contributed by atoms with E-state index in [2.05, 4.69) is 5.16 Å². The zero-order valence-corrected chi connectivity index (χ0v) is 9.18. The molecule has 1 rings (SSSR count). The van der Waals surface area contributed by atoms with Crippen molar-refractivity contribution in [1.29, 1.82) is 0 Å². The van der Waals surface area contributed by atoms with Crippen LogP contribution < -0.4 is 5.73 Å². The van der Waals surface area contributed by atoms with Crippen LogP contribution in [0.2, 0.25) is 0 Å². The first-order chi connectivity index (χ1) is 7.06. The summed E-state index contributed by atoms with van der Waals surface area (Å²) in [5, 5.41) is 11.6. The molecule has 6 nitrogen and oxygen atoms in total. The fraction of sp³-hybridized carbons (Fsp3) is 0.778. The van der Waals surface area contributed by atoms with Gasteiger partial charge in [-0.15, -0.1) is 0 Å². The van der Waals surface area contributed by atoms with Crippen molar-refractivity contribution >= 4 is 11.9 Å². The van der Waals surface area contributed by atoms with Gasteiger partial charge in [0, 0.05) is 33.1 Å². The Morgan fingerprint density at radius 3 is 2.80 bits per heavy atom. The summed E-state index contributed by atoms with van der Waals surface area (Å²) in [6.07, 6.45) is 1.76. The summed E-state index contributed by atoms with van der Waals surface area (Å²) < 4.78 is 0. The summed E-state index contributed by atoms with van der Waals surface area (Å²) in [5.41, 5.74) is 5.53. The highest BCUT2D eigenvalue weighted by atomic mass is 16.4. The van der Waals surface area contributed by atoms with Gasteiger partial charge in [-0.05, 0) is 12.8 Å². The number of nitrogens with two attached hydrogens (primary N) is 1. The number of nitrogens with zero attached hydrogens (tertiary/aromatic N) is 3. The summed E-state index contributed by atoms with van der Waals surface area (Å²) in [4.78, 5) is 14.9. The quantitative estimate of drug-likeness (QED) is 0.281. The second-order valence-corrected chi connectivity index (χ2v) is 3.99. The normalized spacial score (nSPS) is 22.7. The fourth-order valence-corrected chi connectivity index (χ4v) is 1.76. The Hall–Kier alpha value is -1.46. The van der Waals surface area contributed by atoms with E-state index in [-0.39, 0.29) is 17.8 Å². The second kappa shape index (κ2) is 4.86. The molecule has 1 aliphatic rings. The molecule has 0 saturated carbocycles. The molecule has 1 atom stereocenters. The van der Waals surface area contributed by atoms with Gasteiger partial charge in [0.25, 0.3) is 0 Å². The lowest BCUT2D eigenvalue weighted by Crippen LogP contribution is -2.47. The van der Waals surface area contributed by atoms with Gasteiger partial charge in [-0.3, -0.25) is 0 Å². The molecule has 0 aromatic carbocycles. The molecule has 86 valence electrons. The van der Waals surface area contributed by atoms with Gasteiger partial charge in [0.05, 0.1) is 0 Å². The van der Waals surface area contributed by atoms with Crippen LogP contribution in [0.1, 0.15) is 12.8 Å². The molecule has 0 radical (unpaired) electrons. The Labute approximate surface area is 89.3 Å². The lowest BCUT2D eigenvalue weighted by molar-refractivity contribution is 0.152. The van der Waals surface area contributed by atoms with Gasteiger partial charge in [0.15, 0.2) is 0 Å². The molecule has 1 fully saturated rings. The molecule has 0 aromatic rings. The molecule has 2 amide bonds. The Balaban J connectivity index is 2.60. The summed E-state index contributed by atoms with van der Waals surface area (Å²) in [5.74, 6) is 0.193. The smallest absolute Gasteiger partial charge is 0.319 e. The molecule has 1 unspecified atom stereocenters. The number of piperidine rings is 1. The standard InChI is InChI=1S/C9H18N4O2/c1-12(2)9(14)13-5-3-4-7(6-13)8(10)11-15/h7,15H,3-6H2,1-2H3,(H2,10,11). The van der Waals surface area contributed by atoms with Gasteiger partial charge >= 0.3 is 6.03 Å². The molecular formula is C9H18N4O2. The highest BCUT2D eigenvalue weighted by molar-refractivity contribution is 5.83. The van der Waals surface area contributed by atoms with E-state index in [9.17, 15) is 4.79 Å².